The van der Waals surface area contributed by atoms with Crippen molar-refractivity contribution in [3.8, 4) is 0 Å². The number of hydrogen-bond acceptors (Lipinski definition) is 6. The molecule has 0 atom stereocenters. The Morgan fingerprint density at radius 3 is 0.409 bits per heavy atom. The summed E-state index contributed by atoms with van der Waals surface area (Å²) in [4.78, 5) is 12.8. The molecule has 0 aromatic heterocycles. The molecule has 0 rings (SSSR count). The second-order valence-corrected chi connectivity index (χ2v) is 6.90. The van der Waals surface area contributed by atoms with Crippen molar-refractivity contribution in [2.75, 3.05) is 105 Å². The van der Waals surface area contributed by atoms with Crippen LogP contribution in [0.25, 0.3) is 0 Å². The van der Waals surface area contributed by atoms with Gasteiger partial charge in [-0.2, -0.15) is 0 Å². The fourth-order valence-corrected chi connectivity index (χ4v) is 1.70. The molecule has 0 aliphatic carbocycles. The van der Waals surface area contributed by atoms with E-state index in [4.69, 9.17) is 0 Å². The molecule has 0 saturated carbocycles. The molecule has 22 heavy (non-hydrogen) atoms. The Hall–Kier alpha value is -0.240. The van der Waals surface area contributed by atoms with Crippen LogP contribution in [0.1, 0.15) is 7.43 Å². The van der Waals surface area contributed by atoms with Crippen molar-refractivity contribution in [2.45, 2.75) is 7.43 Å². The Bertz CT molecular complexity index is 140. The highest BCUT2D eigenvalue weighted by atomic mass is 15.3. The minimum atomic E-state index is 0. The molecule has 0 saturated heterocycles. The van der Waals surface area contributed by atoms with Crippen molar-refractivity contribution >= 4 is 0 Å². The summed E-state index contributed by atoms with van der Waals surface area (Å²) in [5, 5.41) is 0. The molecule has 0 radical (unpaired) electrons. The Balaban J connectivity index is -0.000000108. The smallest absolute Gasteiger partial charge is 0.0495 e. The third-order valence-corrected chi connectivity index (χ3v) is 1.70. The van der Waals surface area contributed by atoms with Gasteiger partial charge in [0.15, 0.2) is 0 Å². The van der Waals surface area contributed by atoms with E-state index in [1.165, 1.54) is 0 Å². The number of hydrogen-bond donors (Lipinski definition) is 0. The quantitative estimate of drug-likeness (QED) is 0.670. The second kappa shape index (κ2) is 18.8. The van der Waals surface area contributed by atoms with E-state index in [9.17, 15) is 0 Å². The van der Waals surface area contributed by atoms with Crippen molar-refractivity contribution in [2.24, 2.45) is 0 Å². The largest absolute Gasteiger partial charge is 0.297 e. The van der Waals surface area contributed by atoms with Crippen molar-refractivity contribution in [1.29, 1.82) is 0 Å². The zero-order chi connectivity index (χ0) is 17.6. The lowest BCUT2D eigenvalue weighted by Gasteiger charge is -2.14. The number of nitrogens with zero attached hydrogens (tertiary/aromatic N) is 6. The predicted molar refractivity (Wildman–Crippen MR) is 103 cm³/mol. The van der Waals surface area contributed by atoms with Gasteiger partial charge in [-0.1, -0.05) is 7.43 Å². The van der Waals surface area contributed by atoms with Gasteiger partial charge < -0.3 is 0 Å². The van der Waals surface area contributed by atoms with Gasteiger partial charge in [-0.3, -0.25) is 29.4 Å². The Kier molecular flexibility index (Phi) is 25.4. The molecule has 0 heterocycles. The van der Waals surface area contributed by atoms with Gasteiger partial charge >= 0.3 is 0 Å². The molecule has 140 valence electrons. The maximum Gasteiger partial charge on any atom is 0.0495 e. The van der Waals surface area contributed by atoms with Crippen LogP contribution in [0.3, 0.4) is 0 Å². The van der Waals surface area contributed by atoms with E-state index in [0.29, 0.717) is 0 Å². The molecule has 0 aromatic rings. The van der Waals surface area contributed by atoms with Gasteiger partial charge in [0.25, 0.3) is 0 Å². The van der Waals surface area contributed by atoms with Gasteiger partial charge in [0.2, 0.25) is 0 Å². The van der Waals surface area contributed by atoms with E-state index in [1.807, 2.05) is 0 Å². The van der Waals surface area contributed by atoms with E-state index < -0.39 is 0 Å². The SMILES string of the molecule is C.CN(C)CN(C)C.CN(C)CN(C)C.CN(C)CN(C)C. The standard InChI is InChI=1S/3C5H14N2.CH4/c3*1-6(2)5-7(3)4;/h3*5H2,1-4H3;1H4. The average Bonchev–Trinajstić information content (AvgIpc) is 2.10. The molecule has 0 spiro atoms. The first kappa shape index (κ1) is 29.7. The zero-order valence-electron chi connectivity index (χ0n) is 16.8. The van der Waals surface area contributed by atoms with E-state index in [0.717, 1.165) is 20.0 Å². The Morgan fingerprint density at radius 2 is 0.409 bits per heavy atom. The minimum absolute atomic E-state index is 0. The predicted octanol–water partition coefficient (Wildman–Crippen LogP) is 0.837. The highest BCUT2D eigenvalue weighted by Gasteiger charge is 1.88. The second-order valence-electron chi connectivity index (χ2n) is 6.90. The lowest BCUT2D eigenvalue weighted by molar-refractivity contribution is 0.245. The van der Waals surface area contributed by atoms with E-state index in [1.54, 1.807) is 0 Å². The lowest BCUT2D eigenvalue weighted by Crippen LogP contribution is -2.26. The summed E-state index contributed by atoms with van der Waals surface area (Å²) in [5.74, 6) is 0. The summed E-state index contributed by atoms with van der Waals surface area (Å²) < 4.78 is 0. The fraction of sp³-hybridized carbons (Fsp3) is 1.00. The summed E-state index contributed by atoms with van der Waals surface area (Å²) in [6, 6.07) is 0. The van der Waals surface area contributed by atoms with Crippen LogP contribution in [-0.2, 0) is 0 Å². The molecule has 0 aromatic carbocycles. The van der Waals surface area contributed by atoms with Crippen molar-refractivity contribution in [1.82, 2.24) is 29.4 Å². The topological polar surface area (TPSA) is 19.4 Å². The van der Waals surface area contributed by atoms with Gasteiger partial charge in [0.05, 0.1) is 0 Å². The van der Waals surface area contributed by atoms with Gasteiger partial charge in [0, 0.05) is 20.0 Å². The third-order valence-electron chi connectivity index (χ3n) is 1.70. The highest BCUT2D eigenvalue weighted by Crippen LogP contribution is 1.76. The normalized spacial score (nSPS) is 10.6. The monoisotopic (exact) mass is 322 g/mol. The molecule has 0 N–H and O–H groups in total. The molecule has 6 heteroatoms. The Morgan fingerprint density at radius 1 is 0.318 bits per heavy atom. The van der Waals surface area contributed by atoms with Crippen molar-refractivity contribution in [3.05, 3.63) is 0 Å². The average molecular weight is 323 g/mol. The van der Waals surface area contributed by atoms with Crippen LogP contribution < -0.4 is 0 Å². The van der Waals surface area contributed by atoms with Crippen molar-refractivity contribution < 1.29 is 0 Å². The summed E-state index contributed by atoms with van der Waals surface area (Å²) in [6.07, 6.45) is 0. The molecular weight excluding hydrogens is 276 g/mol. The van der Waals surface area contributed by atoms with Crippen LogP contribution >= 0.6 is 0 Å². The van der Waals surface area contributed by atoms with E-state index in [-0.39, 0.29) is 7.43 Å². The van der Waals surface area contributed by atoms with Crippen LogP contribution in [0.5, 0.6) is 0 Å². The molecule has 6 nitrogen and oxygen atoms in total. The molecule has 0 amide bonds. The van der Waals surface area contributed by atoms with Crippen LogP contribution in [0.15, 0.2) is 0 Å². The zero-order valence-corrected chi connectivity index (χ0v) is 16.8. The minimum Gasteiger partial charge on any atom is -0.297 e. The number of rotatable bonds is 6. The maximum absolute atomic E-state index is 2.12. The first-order chi connectivity index (χ1) is 9.38. The fourth-order valence-electron chi connectivity index (χ4n) is 1.70. The van der Waals surface area contributed by atoms with Gasteiger partial charge in [-0.25, -0.2) is 0 Å². The van der Waals surface area contributed by atoms with Crippen molar-refractivity contribution in [3.63, 3.8) is 0 Å². The summed E-state index contributed by atoms with van der Waals surface area (Å²) in [6.45, 7) is 3.08. The molecular formula is C16H46N6. The highest BCUT2D eigenvalue weighted by molar-refractivity contribution is 4.36. The molecule has 0 aliphatic heterocycles. The summed E-state index contributed by atoms with van der Waals surface area (Å²) in [5.41, 5.74) is 0. The third kappa shape index (κ3) is 50.3. The molecule has 0 bridgehead atoms. The van der Waals surface area contributed by atoms with E-state index in [2.05, 4.69) is 114 Å². The van der Waals surface area contributed by atoms with Crippen LogP contribution in [-0.4, -0.2) is 134 Å². The van der Waals surface area contributed by atoms with Gasteiger partial charge in [-0.05, 0) is 84.6 Å². The maximum atomic E-state index is 2.12. The van der Waals surface area contributed by atoms with Gasteiger partial charge in [0.1, 0.15) is 0 Å². The van der Waals surface area contributed by atoms with Crippen LogP contribution in [0, 0.1) is 0 Å². The van der Waals surface area contributed by atoms with Gasteiger partial charge in [-0.15, -0.1) is 0 Å². The first-order valence-corrected chi connectivity index (χ1v) is 7.26. The molecule has 0 aliphatic rings. The van der Waals surface area contributed by atoms with E-state index >= 15 is 0 Å². The molecule has 0 fully saturated rings. The Labute approximate surface area is 142 Å². The van der Waals surface area contributed by atoms with Crippen LogP contribution in [0.2, 0.25) is 0 Å². The first-order valence-electron chi connectivity index (χ1n) is 7.26. The molecule has 0 unspecified atom stereocenters. The van der Waals surface area contributed by atoms with Crippen LogP contribution in [0.4, 0.5) is 0 Å². The summed E-state index contributed by atoms with van der Waals surface area (Å²) >= 11 is 0. The lowest BCUT2D eigenvalue weighted by atomic mass is 10.8. The summed E-state index contributed by atoms with van der Waals surface area (Å²) in [7, 11) is 24.7.